The van der Waals surface area contributed by atoms with Crippen LogP contribution in [0.1, 0.15) is 32.3 Å². The summed E-state index contributed by atoms with van der Waals surface area (Å²) in [7, 11) is 1.73. The molecule has 1 aliphatic rings. The molecule has 0 aliphatic carbocycles. The number of methoxy groups -OCH3 is 1. The molecule has 2 atom stereocenters. The highest BCUT2D eigenvalue weighted by Gasteiger charge is 2.27. The highest BCUT2D eigenvalue weighted by molar-refractivity contribution is 5.16. The summed E-state index contributed by atoms with van der Waals surface area (Å²) in [4.78, 5) is 2.59. The molecule has 2 heteroatoms. The van der Waals surface area contributed by atoms with Gasteiger partial charge in [0.05, 0.1) is 13.4 Å². The Balaban J connectivity index is 2.04. The third kappa shape index (κ3) is 3.14. The second-order valence-electron chi connectivity index (χ2n) is 5.28. The normalized spacial score (nSPS) is 27.4. The van der Waals surface area contributed by atoms with Gasteiger partial charge in [0.1, 0.15) is 0 Å². The lowest BCUT2D eigenvalue weighted by Crippen LogP contribution is -2.43. The summed E-state index contributed by atoms with van der Waals surface area (Å²) >= 11 is 0. The lowest BCUT2D eigenvalue weighted by molar-refractivity contribution is 0.117. The molecule has 2 nitrogen and oxygen atoms in total. The van der Waals surface area contributed by atoms with Gasteiger partial charge in [0.2, 0.25) is 0 Å². The summed E-state index contributed by atoms with van der Waals surface area (Å²) < 4.78 is 5.15. The van der Waals surface area contributed by atoms with Gasteiger partial charge in [0.25, 0.3) is 0 Å². The Labute approximate surface area is 110 Å². The molecule has 0 saturated carbocycles. The first-order chi connectivity index (χ1) is 8.70. The fraction of sp³-hybridized carbons (Fsp3) is 0.500. The summed E-state index contributed by atoms with van der Waals surface area (Å²) in [5.74, 6) is 0. The van der Waals surface area contributed by atoms with E-state index in [9.17, 15) is 0 Å². The second kappa shape index (κ2) is 6.05. The van der Waals surface area contributed by atoms with E-state index in [-0.39, 0.29) is 0 Å². The van der Waals surface area contributed by atoms with E-state index >= 15 is 0 Å². The van der Waals surface area contributed by atoms with E-state index in [0.29, 0.717) is 12.1 Å². The van der Waals surface area contributed by atoms with Gasteiger partial charge in [-0.3, -0.25) is 4.90 Å². The van der Waals surface area contributed by atoms with E-state index in [0.717, 1.165) is 19.4 Å². The summed E-state index contributed by atoms with van der Waals surface area (Å²) in [5, 5.41) is 0. The van der Waals surface area contributed by atoms with Gasteiger partial charge in [-0.05, 0) is 37.8 Å². The van der Waals surface area contributed by atoms with Crippen molar-refractivity contribution in [1.82, 2.24) is 4.90 Å². The molecule has 1 fully saturated rings. The third-order valence-corrected chi connectivity index (χ3v) is 3.74. The van der Waals surface area contributed by atoms with Gasteiger partial charge in [0.15, 0.2) is 0 Å². The zero-order valence-electron chi connectivity index (χ0n) is 11.6. The van der Waals surface area contributed by atoms with E-state index in [1.165, 1.54) is 11.1 Å². The first-order valence-electron chi connectivity index (χ1n) is 6.71. The van der Waals surface area contributed by atoms with Gasteiger partial charge in [-0.15, -0.1) is 0 Å². The van der Waals surface area contributed by atoms with E-state index in [1.807, 2.05) is 6.26 Å². The molecule has 1 aliphatic heterocycles. The second-order valence-corrected chi connectivity index (χ2v) is 5.28. The number of rotatable bonds is 3. The minimum atomic E-state index is 0.579. The molecule has 0 aromatic heterocycles. The Kier molecular flexibility index (Phi) is 4.43. The molecular formula is C16H23NO. The number of nitrogens with zero attached hydrogens (tertiary/aromatic N) is 1. The quantitative estimate of drug-likeness (QED) is 0.755. The van der Waals surface area contributed by atoms with Gasteiger partial charge in [0, 0.05) is 18.6 Å². The number of hydrogen-bond acceptors (Lipinski definition) is 2. The van der Waals surface area contributed by atoms with Crippen LogP contribution in [-0.2, 0) is 11.3 Å². The Hall–Kier alpha value is -1.28. The van der Waals surface area contributed by atoms with E-state index < -0.39 is 0 Å². The number of benzene rings is 1. The molecule has 0 bridgehead atoms. The summed E-state index contributed by atoms with van der Waals surface area (Å²) in [6.45, 7) is 5.66. The predicted octanol–water partition coefficient (Wildman–Crippen LogP) is 3.59. The van der Waals surface area contributed by atoms with Gasteiger partial charge in [-0.2, -0.15) is 0 Å². The van der Waals surface area contributed by atoms with Crippen LogP contribution in [0.25, 0.3) is 0 Å². The Morgan fingerprint density at radius 2 is 1.78 bits per heavy atom. The van der Waals surface area contributed by atoms with Crippen LogP contribution < -0.4 is 0 Å². The first kappa shape index (κ1) is 13.2. The van der Waals surface area contributed by atoms with Crippen molar-refractivity contribution in [2.24, 2.45) is 0 Å². The molecule has 98 valence electrons. The highest BCUT2D eigenvalue weighted by atomic mass is 16.5. The largest absolute Gasteiger partial charge is 0.504 e. The molecule has 1 aromatic rings. The fourth-order valence-corrected chi connectivity index (χ4v) is 2.88. The van der Waals surface area contributed by atoms with Crippen LogP contribution in [0.4, 0.5) is 0 Å². The third-order valence-electron chi connectivity index (χ3n) is 3.74. The maximum absolute atomic E-state index is 5.15. The zero-order chi connectivity index (χ0) is 13.0. The summed E-state index contributed by atoms with van der Waals surface area (Å²) in [6.07, 6.45) is 4.16. The van der Waals surface area contributed by atoms with Crippen LogP contribution in [0, 0.1) is 0 Å². The molecule has 0 radical (unpaired) electrons. The Morgan fingerprint density at radius 1 is 1.17 bits per heavy atom. The zero-order valence-corrected chi connectivity index (χ0v) is 11.6. The van der Waals surface area contributed by atoms with Crippen LogP contribution in [0.2, 0.25) is 0 Å². The number of likely N-dealkylation sites (tertiary alicyclic amines) is 1. The molecular weight excluding hydrogens is 222 g/mol. The minimum Gasteiger partial charge on any atom is -0.504 e. The lowest BCUT2D eigenvalue weighted by Gasteiger charge is -2.40. The number of piperidine rings is 1. The van der Waals surface area contributed by atoms with Crippen molar-refractivity contribution in [3.63, 3.8) is 0 Å². The molecule has 0 spiro atoms. The van der Waals surface area contributed by atoms with Gasteiger partial charge in [-0.1, -0.05) is 30.3 Å². The van der Waals surface area contributed by atoms with Gasteiger partial charge >= 0.3 is 0 Å². The molecule has 1 heterocycles. The van der Waals surface area contributed by atoms with Gasteiger partial charge < -0.3 is 4.74 Å². The van der Waals surface area contributed by atoms with Crippen molar-refractivity contribution in [2.75, 3.05) is 7.11 Å². The molecule has 0 amide bonds. The van der Waals surface area contributed by atoms with Crippen molar-refractivity contribution < 1.29 is 4.74 Å². The maximum Gasteiger partial charge on any atom is 0.0817 e. The van der Waals surface area contributed by atoms with Crippen molar-refractivity contribution in [3.8, 4) is 0 Å². The molecule has 0 unspecified atom stereocenters. The Morgan fingerprint density at radius 3 is 2.33 bits per heavy atom. The average molecular weight is 245 g/mol. The SMILES string of the molecule is COC=C1C[C@@H](C)N(Cc2ccccc2)[C@@H](C)C1. The minimum absolute atomic E-state index is 0.579. The van der Waals surface area contributed by atoms with Crippen LogP contribution in [0.15, 0.2) is 42.2 Å². The number of ether oxygens (including phenoxy) is 1. The van der Waals surface area contributed by atoms with Crippen LogP contribution in [-0.4, -0.2) is 24.1 Å². The Bertz CT molecular complexity index is 385. The van der Waals surface area contributed by atoms with Crippen molar-refractivity contribution >= 4 is 0 Å². The smallest absolute Gasteiger partial charge is 0.0817 e. The molecule has 18 heavy (non-hydrogen) atoms. The fourth-order valence-electron chi connectivity index (χ4n) is 2.88. The number of hydrogen-bond donors (Lipinski definition) is 0. The van der Waals surface area contributed by atoms with Crippen LogP contribution in [0.5, 0.6) is 0 Å². The molecule has 1 saturated heterocycles. The monoisotopic (exact) mass is 245 g/mol. The van der Waals surface area contributed by atoms with E-state index in [2.05, 4.69) is 49.1 Å². The highest BCUT2D eigenvalue weighted by Crippen LogP contribution is 2.28. The van der Waals surface area contributed by atoms with Gasteiger partial charge in [-0.25, -0.2) is 0 Å². The average Bonchev–Trinajstić information content (AvgIpc) is 2.36. The van der Waals surface area contributed by atoms with E-state index in [4.69, 9.17) is 4.74 Å². The predicted molar refractivity (Wildman–Crippen MR) is 75.2 cm³/mol. The topological polar surface area (TPSA) is 12.5 Å². The van der Waals surface area contributed by atoms with Crippen molar-refractivity contribution in [2.45, 2.75) is 45.3 Å². The molecule has 1 aromatic carbocycles. The lowest BCUT2D eigenvalue weighted by atomic mass is 9.92. The van der Waals surface area contributed by atoms with Crippen molar-refractivity contribution in [3.05, 3.63) is 47.7 Å². The summed E-state index contributed by atoms with van der Waals surface area (Å²) in [6, 6.07) is 11.9. The maximum atomic E-state index is 5.15. The summed E-state index contributed by atoms with van der Waals surface area (Å²) in [5.41, 5.74) is 2.83. The van der Waals surface area contributed by atoms with E-state index in [1.54, 1.807) is 7.11 Å². The van der Waals surface area contributed by atoms with Crippen LogP contribution in [0.3, 0.4) is 0 Å². The first-order valence-corrected chi connectivity index (χ1v) is 6.71. The molecule has 0 N–H and O–H groups in total. The molecule has 2 rings (SSSR count). The van der Waals surface area contributed by atoms with Crippen molar-refractivity contribution in [1.29, 1.82) is 0 Å². The van der Waals surface area contributed by atoms with Crippen LogP contribution >= 0.6 is 0 Å². The standard InChI is InChI=1S/C16H23NO/c1-13-9-16(12-18-3)10-14(2)17(13)11-15-7-5-4-6-8-15/h4-8,12-14H,9-11H2,1-3H3/t13-,14+.